The van der Waals surface area contributed by atoms with Crippen LogP contribution in [0.25, 0.3) is 0 Å². The van der Waals surface area contributed by atoms with Gasteiger partial charge in [0, 0.05) is 11.5 Å². The highest BCUT2D eigenvalue weighted by atomic mass is 16.1. The Labute approximate surface area is 91.8 Å². The Morgan fingerprint density at radius 2 is 2.00 bits per heavy atom. The molecule has 1 atom stereocenters. The fraction of sp³-hybridized carbons (Fsp3) is 0.429. The van der Waals surface area contributed by atoms with Crippen LogP contribution < -0.4 is 0 Å². The molecule has 0 amide bonds. The number of aryl methyl sites for hydroxylation is 2. The van der Waals surface area contributed by atoms with E-state index in [4.69, 9.17) is 0 Å². The van der Waals surface area contributed by atoms with Gasteiger partial charge in [-0.2, -0.15) is 0 Å². The summed E-state index contributed by atoms with van der Waals surface area (Å²) in [5.41, 5.74) is 3.57. The first kappa shape index (κ1) is 11.7. The molecule has 1 heteroatoms. The second kappa shape index (κ2) is 4.46. The van der Waals surface area contributed by atoms with Crippen molar-refractivity contribution in [1.29, 1.82) is 0 Å². The van der Waals surface area contributed by atoms with E-state index in [0.29, 0.717) is 0 Å². The number of carbonyl (C=O) groups excluding carboxylic acids is 1. The molecule has 1 aromatic rings. The summed E-state index contributed by atoms with van der Waals surface area (Å²) in [7, 11) is 0. The number of rotatable bonds is 3. The van der Waals surface area contributed by atoms with Crippen LogP contribution in [0, 0.1) is 13.8 Å². The molecule has 0 aliphatic heterocycles. The van der Waals surface area contributed by atoms with Gasteiger partial charge in [-0.1, -0.05) is 32.0 Å². The first-order valence-corrected chi connectivity index (χ1v) is 5.33. The van der Waals surface area contributed by atoms with E-state index in [1.807, 2.05) is 5.94 Å². The van der Waals surface area contributed by atoms with E-state index in [2.05, 4.69) is 45.9 Å². The molecule has 80 valence electrons. The van der Waals surface area contributed by atoms with Gasteiger partial charge < -0.3 is 0 Å². The molecule has 1 unspecified atom stereocenters. The van der Waals surface area contributed by atoms with Crippen molar-refractivity contribution >= 4 is 5.94 Å². The molecular weight excluding hydrogens is 184 g/mol. The summed E-state index contributed by atoms with van der Waals surface area (Å²) in [4.78, 5) is 10.5. The van der Waals surface area contributed by atoms with Crippen molar-refractivity contribution in [3.8, 4) is 0 Å². The van der Waals surface area contributed by atoms with Crippen LogP contribution in [0.1, 0.15) is 37.0 Å². The summed E-state index contributed by atoms with van der Waals surface area (Å²) in [5, 5.41) is 0. The molecule has 0 spiro atoms. The number of hydrogen-bond acceptors (Lipinski definition) is 1. The van der Waals surface area contributed by atoms with E-state index in [0.717, 1.165) is 6.42 Å². The topological polar surface area (TPSA) is 17.1 Å². The lowest BCUT2D eigenvalue weighted by molar-refractivity contribution is 0.547. The molecule has 0 aromatic heterocycles. The molecule has 0 N–H and O–H groups in total. The highest BCUT2D eigenvalue weighted by Crippen LogP contribution is 2.29. The van der Waals surface area contributed by atoms with Gasteiger partial charge >= 0.3 is 0 Å². The van der Waals surface area contributed by atoms with E-state index in [1.165, 1.54) is 16.7 Å². The van der Waals surface area contributed by atoms with Crippen LogP contribution >= 0.6 is 0 Å². The highest BCUT2D eigenvalue weighted by Gasteiger charge is 2.21. The van der Waals surface area contributed by atoms with Crippen LogP contribution in [0.4, 0.5) is 0 Å². The third-order valence-electron chi connectivity index (χ3n) is 3.28. The number of hydrogen-bond donors (Lipinski definition) is 0. The van der Waals surface area contributed by atoms with E-state index in [9.17, 15) is 4.79 Å². The lowest BCUT2D eigenvalue weighted by Crippen LogP contribution is -2.18. The van der Waals surface area contributed by atoms with E-state index in [1.54, 1.807) is 6.08 Å². The standard InChI is InChI=1S/C14H18O/c1-5-14(4,8-9-15)13-7-6-11(2)12(3)10-13/h6-8,10H,5H2,1-4H3. The maximum Gasteiger partial charge on any atom is 0.120 e. The van der Waals surface area contributed by atoms with Crippen LogP contribution in [0.5, 0.6) is 0 Å². The lowest BCUT2D eigenvalue weighted by atomic mass is 9.79. The maximum atomic E-state index is 10.5. The summed E-state index contributed by atoms with van der Waals surface area (Å²) in [6, 6.07) is 6.36. The van der Waals surface area contributed by atoms with E-state index in [-0.39, 0.29) is 5.41 Å². The normalized spacial score (nSPS) is 14.1. The van der Waals surface area contributed by atoms with Crippen molar-refractivity contribution in [2.45, 2.75) is 39.5 Å². The molecule has 0 heterocycles. The van der Waals surface area contributed by atoms with Crippen molar-refractivity contribution in [1.82, 2.24) is 0 Å². The van der Waals surface area contributed by atoms with Crippen LogP contribution in [0.3, 0.4) is 0 Å². The van der Waals surface area contributed by atoms with Gasteiger partial charge in [0.1, 0.15) is 5.94 Å². The van der Waals surface area contributed by atoms with Crippen molar-refractivity contribution in [2.24, 2.45) is 0 Å². The fourth-order valence-electron chi connectivity index (χ4n) is 1.62. The van der Waals surface area contributed by atoms with Crippen molar-refractivity contribution < 1.29 is 4.79 Å². The quantitative estimate of drug-likeness (QED) is 0.687. The summed E-state index contributed by atoms with van der Waals surface area (Å²) in [6.45, 7) is 8.35. The monoisotopic (exact) mass is 202 g/mol. The first-order chi connectivity index (χ1) is 7.03. The van der Waals surface area contributed by atoms with Gasteiger partial charge in [-0.05, 0) is 37.0 Å². The van der Waals surface area contributed by atoms with Gasteiger partial charge in [-0.25, -0.2) is 4.79 Å². The summed E-state index contributed by atoms with van der Waals surface area (Å²) >= 11 is 0. The van der Waals surface area contributed by atoms with Crippen molar-refractivity contribution in [3.63, 3.8) is 0 Å². The third kappa shape index (κ3) is 2.37. The zero-order valence-electron chi connectivity index (χ0n) is 9.92. The Kier molecular flexibility index (Phi) is 3.49. The van der Waals surface area contributed by atoms with Crippen LogP contribution in [0.2, 0.25) is 0 Å². The van der Waals surface area contributed by atoms with Gasteiger partial charge in [-0.3, -0.25) is 0 Å². The molecule has 1 nitrogen and oxygen atoms in total. The Bertz CT molecular complexity index is 400. The Balaban J connectivity index is 3.24. The van der Waals surface area contributed by atoms with Gasteiger partial charge in [-0.15, -0.1) is 0 Å². The largest absolute Gasteiger partial charge is 0.234 e. The summed E-state index contributed by atoms with van der Waals surface area (Å²) in [6.07, 6.45) is 2.53. The van der Waals surface area contributed by atoms with Gasteiger partial charge in [0.2, 0.25) is 0 Å². The van der Waals surface area contributed by atoms with Crippen molar-refractivity contribution in [3.05, 3.63) is 41.0 Å². The number of allylic oxidation sites excluding steroid dienone is 1. The molecule has 0 bridgehead atoms. The molecular formula is C14H18O. The molecule has 1 rings (SSSR count). The second-order valence-electron chi connectivity index (χ2n) is 4.33. The second-order valence-corrected chi connectivity index (χ2v) is 4.33. The minimum atomic E-state index is -0.180. The molecule has 0 aliphatic rings. The van der Waals surface area contributed by atoms with Crippen LogP contribution in [0.15, 0.2) is 24.3 Å². The first-order valence-electron chi connectivity index (χ1n) is 5.33. The predicted octanol–water partition coefficient (Wildman–Crippen LogP) is 3.36. The number of benzene rings is 1. The zero-order chi connectivity index (χ0) is 11.5. The van der Waals surface area contributed by atoms with Gasteiger partial charge in [0.15, 0.2) is 0 Å². The molecule has 0 saturated carbocycles. The average molecular weight is 202 g/mol. The van der Waals surface area contributed by atoms with Crippen molar-refractivity contribution in [2.75, 3.05) is 0 Å². The Morgan fingerprint density at radius 1 is 1.33 bits per heavy atom. The highest BCUT2D eigenvalue weighted by molar-refractivity contribution is 5.51. The molecule has 1 aromatic carbocycles. The third-order valence-corrected chi connectivity index (χ3v) is 3.28. The zero-order valence-corrected chi connectivity index (χ0v) is 9.92. The molecule has 0 aliphatic carbocycles. The summed E-state index contributed by atoms with van der Waals surface area (Å²) < 4.78 is 0. The lowest BCUT2D eigenvalue weighted by Gasteiger charge is -2.24. The minimum absolute atomic E-state index is 0.180. The van der Waals surface area contributed by atoms with E-state index < -0.39 is 0 Å². The van der Waals surface area contributed by atoms with Gasteiger partial charge in [0.05, 0.1) is 0 Å². The maximum absolute atomic E-state index is 10.5. The SMILES string of the molecule is CCC(C)(C=C=O)c1ccc(C)c(C)c1. The van der Waals surface area contributed by atoms with Crippen LogP contribution in [-0.4, -0.2) is 5.94 Å². The minimum Gasteiger partial charge on any atom is -0.234 e. The van der Waals surface area contributed by atoms with Gasteiger partial charge in [0.25, 0.3) is 0 Å². The molecule has 15 heavy (non-hydrogen) atoms. The summed E-state index contributed by atoms with van der Waals surface area (Å²) in [5.74, 6) is 1.92. The predicted molar refractivity (Wildman–Crippen MR) is 63.8 cm³/mol. The van der Waals surface area contributed by atoms with Crippen LogP contribution in [-0.2, 0) is 10.2 Å². The molecule has 0 fully saturated rings. The molecule has 0 saturated heterocycles. The Morgan fingerprint density at radius 3 is 2.47 bits per heavy atom. The smallest absolute Gasteiger partial charge is 0.120 e. The Hall–Kier alpha value is -1.33. The molecule has 0 radical (unpaired) electrons. The van der Waals surface area contributed by atoms with E-state index >= 15 is 0 Å². The fourth-order valence-corrected chi connectivity index (χ4v) is 1.62. The average Bonchev–Trinajstić information content (AvgIpc) is 2.22.